The van der Waals surface area contributed by atoms with E-state index in [9.17, 15) is 13.6 Å². The second-order valence-corrected chi connectivity index (χ2v) is 5.24. The molecule has 0 aliphatic carbocycles. The fourth-order valence-corrected chi connectivity index (χ4v) is 2.55. The molecule has 8 heteroatoms. The first-order chi connectivity index (χ1) is 11.0. The largest absolute Gasteiger partial charge is 0.338 e. The van der Waals surface area contributed by atoms with Crippen molar-refractivity contribution in [1.82, 2.24) is 14.1 Å². The smallest absolute Gasteiger partial charge is 0.319 e. The summed E-state index contributed by atoms with van der Waals surface area (Å²) in [5, 5.41) is 9.71. The molecule has 0 aliphatic heterocycles. The third kappa shape index (κ3) is 2.69. The molecule has 5 nitrogen and oxygen atoms in total. The monoisotopic (exact) mass is 334 g/mol. The fourth-order valence-electron chi connectivity index (χ4n) is 2.38. The first kappa shape index (κ1) is 15.2. The topological polar surface area (TPSA) is 63.6 Å². The minimum atomic E-state index is -2.72. The highest BCUT2D eigenvalue weighted by atomic mass is 35.5. The molecule has 1 aromatic carbocycles. The summed E-state index contributed by atoms with van der Waals surface area (Å²) in [6.45, 7) is -2.73. The first-order valence-corrected chi connectivity index (χ1v) is 6.91. The second-order valence-electron chi connectivity index (χ2n) is 4.80. The van der Waals surface area contributed by atoms with Crippen LogP contribution in [0.1, 0.15) is 17.9 Å². The van der Waals surface area contributed by atoms with Crippen LogP contribution < -0.4 is 5.43 Å². The van der Waals surface area contributed by atoms with Crippen LogP contribution in [-0.2, 0) is 6.54 Å². The van der Waals surface area contributed by atoms with Gasteiger partial charge in [-0.15, -0.1) is 0 Å². The Bertz CT molecular complexity index is 987. The predicted molar refractivity (Wildman–Crippen MR) is 80.5 cm³/mol. The lowest BCUT2D eigenvalue weighted by Crippen LogP contribution is -2.15. The van der Waals surface area contributed by atoms with Gasteiger partial charge in [-0.25, -0.2) is 4.98 Å². The van der Waals surface area contributed by atoms with Crippen molar-refractivity contribution in [3.05, 3.63) is 63.4 Å². The van der Waals surface area contributed by atoms with Gasteiger partial charge in [0.1, 0.15) is 17.5 Å². The quantitative estimate of drug-likeness (QED) is 0.739. The summed E-state index contributed by atoms with van der Waals surface area (Å²) in [6.07, 6.45) is 3.78. The van der Waals surface area contributed by atoms with Gasteiger partial charge in [-0.2, -0.15) is 14.0 Å². The van der Waals surface area contributed by atoms with Gasteiger partial charge >= 0.3 is 6.55 Å². The molecule has 0 N–H and O–H groups in total. The summed E-state index contributed by atoms with van der Waals surface area (Å²) < 4.78 is 28.1. The Labute approximate surface area is 134 Å². The number of nitrogens with zero attached hydrogens (tertiary/aromatic N) is 4. The van der Waals surface area contributed by atoms with Crippen molar-refractivity contribution in [3.63, 3.8) is 0 Å². The van der Waals surface area contributed by atoms with Crippen LogP contribution in [0.5, 0.6) is 0 Å². The van der Waals surface area contributed by atoms with Crippen LogP contribution in [0.15, 0.2) is 41.6 Å². The zero-order valence-corrected chi connectivity index (χ0v) is 12.3. The Morgan fingerprint density at radius 3 is 2.87 bits per heavy atom. The van der Waals surface area contributed by atoms with Gasteiger partial charge < -0.3 is 4.57 Å². The van der Waals surface area contributed by atoms with E-state index < -0.39 is 12.0 Å². The maximum atomic E-state index is 12.9. The molecule has 0 saturated heterocycles. The number of fused-ring (bicyclic) bond motifs is 1. The maximum Gasteiger partial charge on any atom is 0.319 e. The third-order valence-corrected chi connectivity index (χ3v) is 3.67. The molecule has 3 rings (SSSR count). The van der Waals surface area contributed by atoms with E-state index in [1.165, 1.54) is 29.2 Å². The number of halogens is 3. The van der Waals surface area contributed by atoms with Gasteiger partial charge in [-0.1, -0.05) is 11.6 Å². The molecular formula is C15H9ClF2N4O. The van der Waals surface area contributed by atoms with E-state index in [4.69, 9.17) is 16.9 Å². The van der Waals surface area contributed by atoms with Crippen molar-refractivity contribution >= 4 is 22.5 Å². The Hall–Kier alpha value is -2.72. The van der Waals surface area contributed by atoms with Crippen LogP contribution >= 0.6 is 11.6 Å². The van der Waals surface area contributed by atoms with Crippen molar-refractivity contribution in [2.24, 2.45) is 0 Å². The highest BCUT2D eigenvalue weighted by Gasteiger charge is 2.14. The van der Waals surface area contributed by atoms with Gasteiger partial charge in [0.05, 0.1) is 12.1 Å². The summed E-state index contributed by atoms with van der Waals surface area (Å²) in [6, 6.07) is 6.46. The van der Waals surface area contributed by atoms with Crippen LogP contribution in [0.3, 0.4) is 0 Å². The van der Waals surface area contributed by atoms with E-state index in [-0.39, 0.29) is 23.3 Å². The summed E-state index contributed by atoms with van der Waals surface area (Å²) in [7, 11) is 0. The Morgan fingerprint density at radius 2 is 2.17 bits per heavy atom. The number of imidazole rings is 1. The predicted octanol–water partition coefficient (Wildman–Crippen LogP) is 3.17. The van der Waals surface area contributed by atoms with Gasteiger partial charge in [0, 0.05) is 29.0 Å². The molecule has 0 spiro atoms. The standard InChI is InChI=1S/C15H9ClF2N4O/c16-10-1-2-12-11(5-10)14(23)9(6-19)7-21(12)8-13-20-3-4-22(13)15(17)18/h1-5,7,15H,8H2. The van der Waals surface area contributed by atoms with Gasteiger partial charge in [0.25, 0.3) is 0 Å². The molecule has 0 unspecified atom stereocenters. The van der Waals surface area contributed by atoms with Crippen molar-refractivity contribution in [2.45, 2.75) is 13.1 Å². The lowest BCUT2D eigenvalue weighted by molar-refractivity contribution is 0.0667. The van der Waals surface area contributed by atoms with E-state index in [1.807, 2.05) is 6.07 Å². The highest BCUT2D eigenvalue weighted by Crippen LogP contribution is 2.19. The summed E-state index contributed by atoms with van der Waals surface area (Å²) in [5.74, 6) is 0.115. The SMILES string of the molecule is N#Cc1cn(Cc2nccn2C(F)F)c2ccc(Cl)cc2c1=O. The minimum absolute atomic E-state index is 0.00949. The Balaban J connectivity index is 2.21. The molecule has 0 saturated carbocycles. The van der Waals surface area contributed by atoms with Crippen molar-refractivity contribution in [2.75, 3.05) is 0 Å². The molecule has 0 atom stereocenters. The average Bonchev–Trinajstić information content (AvgIpc) is 2.98. The minimum Gasteiger partial charge on any atom is -0.338 e. The summed E-state index contributed by atoms with van der Waals surface area (Å²) in [4.78, 5) is 16.1. The van der Waals surface area contributed by atoms with Crippen LogP contribution in [0, 0.1) is 11.3 Å². The third-order valence-electron chi connectivity index (χ3n) is 3.43. The highest BCUT2D eigenvalue weighted by molar-refractivity contribution is 6.31. The number of hydrogen-bond acceptors (Lipinski definition) is 3. The average molecular weight is 335 g/mol. The lowest BCUT2D eigenvalue weighted by atomic mass is 10.1. The number of alkyl halides is 2. The summed E-state index contributed by atoms with van der Waals surface area (Å²) in [5.41, 5.74) is -0.0458. The molecule has 3 aromatic rings. The Kier molecular flexibility index (Phi) is 3.84. The first-order valence-electron chi connectivity index (χ1n) is 6.54. The molecule has 0 aliphatic rings. The van der Waals surface area contributed by atoms with Crippen molar-refractivity contribution < 1.29 is 8.78 Å². The number of pyridine rings is 1. The maximum absolute atomic E-state index is 12.9. The van der Waals surface area contributed by atoms with E-state index in [0.29, 0.717) is 10.5 Å². The molecule has 2 heterocycles. The molecule has 2 aromatic heterocycles. The lowest BCUT2D eigenvalue weighted by Gasteiger charge is -2.13. The molecule has 0 bridgehead atoms. The normalized spacial score (nSPS) is 11.1. The van der Waals surface area contributed by atoms with Gasteiger partial charge in [0.2, 0.25) is 5.43 Å². The number of aromatic nitrogens is 3. The number of hydrogen-bond donors (Lipinski definition) is 0. The molecule has 0 radical (unpaired) electrons. The van der Waals surface area contributed by atoms with Gasteiger partial charge in [-0.3, -0.25) is 9.36 Å². The zero-order valence-electron chi connectivity index (χ0n) is 11.6. The zero-order chi connectivity index (χ0) is 16.6. The van der Waals surface area contributed by atoms with E-state index >= 15 is 0 Å². The van der Waals surface area contributed by atoms with E-state index in [1.54, 1.807) is 12.1 Å². The Morgan fingerprint density at radius 1 is 1.39 bits per heavy atom. The van der Waals surface area contributed by atoms with Gasteiger partial charge in [0.15, 0.2) is 0 Å². The van der Waals surface area contributed by atoms with Crippen LogP contribution in [-0.4, -0.2) is 14.1 Å². The van der Waals surface area contributed by atoms with E-state index in [0.717, 1.165) is 4.57 Å². The van der Waals surface area contributed by atoms with E-state index in [2.05, 4.69) is 4.98 Å². The molecule has 0 amide bonds. The molecule has 23 heavy (non-hydrogen) atoms. The van der Waals surface area contributed by atoms with Crippen LogP contribution in [0.25, 0.3) is 10.9 Å². The van der Waals surface area contributed by atoms with Crippen LogP contribution in [0.4, 0.5) is 8.78 Å². The van der Waals surface area contributed by atoms with Crippen LogP contribution in [0.2, 0.25) is 5.02 Å². The molecule has 0 fully saturated rings. The number of benzene rings is 1. The van der Waals surface area contributed by atoms with Crippen molar-refractivity contribution in [3.8, 4) is 6.07 Å². The molecular weight excluding hydrogens is 326 g/mol. The fraction of sp³-hybridized carbons (Fsp3) is 0.133. The summed E-state index contributed by atoms with van der Waals surface area (Å²) >= 11 is 5.90. The number of nitriles is 1. The number of rotatable bonds is 3. The molecule has 116 valence electrons. The van der Waals surface area contributed by atoms with Crippen molar-refractivity contribution in [1.29, 1.82) is 5.26 Å². The second kappa shape index (κ2) is 5.82. The van der Waals surface area contributed by atoms with Gasteiger partial charge in [-0.05, 0) is 18.2 Å².